The minimum atomic E-state index is -0.684. The molecular formula is C9H14N2O2. The Morgan fingerprint density at radius 3 is 3.00 bits per heavy atom. The van der Waals surface area contributed by atoms with Crippen LogP contribution in [-0.4, -0.2) is 34.5 Å². The van der Waals surface area contributed by atoms with Crippen LogP contribution in [0.3, 0.4) is 0 Å². The maximum absolute atomic E-state index is 9.01. The van der Waals surface area contributed by atoms with Crippen LogP contribution in [0.1, 0.15) is 5.56 Å². The van der Waals surface area contributed by atoms with Gasteiger partial charge in [-0.25, -0.2) is 0 Å². The number of nitrogens with zero attached hydrogens (tertiary/aromatic N) is 1. The zero-order valence-corrected chi connectivity index (χ0v) is 7.35. The van der Waals surface area contributed by atoms with Gasteiger partial charge in [0, 0.05) is 25.5 Å². The number of rotatable bonds is 5. The molecule has 3 N–H and O–H groups in total. The lowest BCUT2D eigenvalue weighted by Gasteiger charge is -2.08. The van der Waals surface area contributed by atoms with Gasteiger partial charge in [0.1, 0.15) is 0 Å². The minimum absolute atomic E-state index is 0.208. The highest BCUT2D eigenvalue weighted by atomic mass is 16.3. The van der Waals surface area contributed by atoms with Gasteiger partial charge < -0.3 is 15.5 Å². The van der Waals surface area contributed by atoms with E-state index in [4.69, 9.17) is 10.2 Å². The Bertz CT molecular complexity index is 228. The number of aliphatic hydroxyl groups is 2. The molecule has 4 heteroatoms. The van der Waals surface area contributed by atoms with Crippen LogP contribution in [0, 0.1) is 0 Å². The van der Waals surface area contributed by atoms with Gasteiger partial charge in [-0.15, -0.1) is 0 Å². The molecule has 0 saturated carbocycles. The second-order valence-corrected chi connectivity index (χ2v) is 2.83. The van der Waals surface area contributed by atoms with E-state index in [-0.39, 0.29) is 6.61 Å². The van der Waals surface area contributed by atoms with Crippen molar-refractivity contribution in [1.29, 1.82) is 0 Å². The van der Waals surface area contributed by atoms with Gasteiger partial charge in [-0.2, -0.15) is 0 Å². The number of aromatic nitrogens is 1. The minimum Gasteiger partial charge on any atom is -0.394 e. The smallest absolute Gasteiger partial charge is 0.0895 e. The van der Waals surface area contributed by atoms with Crippen molar-refractivity contribution in [2.24, 2.45) is 0 Å². The van der Waals surface area contributed by atoms with Crippen molar-refractivity contribution in [3.8, 4) is 0 Å². The third-order valence-electron chi connectivity index (χ3n) is 1.64. The second-order valence-electron chi connectivity index (χ2n) is 2.83. The summed E-state index contributed by atoms with van der Waals surface area (Å²) < 4.78 is 0. The first-order chi connectivity index (χ1) is 6.33. The number of aliphatic hydroxyl groups excluding tert-OH is 2. The summed E-state index contributed by atoms with van der Waals surface area (Å²) in [6, 6.07) is 3.81. The van der Waals surface area contributed by atoms with E-state index in [2.05, 4.69) is 10.3 Å². The zero-order valence-electron chi connectivity index (χ0n) is 7.35. The van der Waals surface area contributed by atoms with E-state index in [9.17, 15) is 0 Å². The van der Waals surface area contributed by atoms with E-state index in [0.29, 0.717) is 13.1 Å². The van der Waals surface area contributed by atoms with Crippen LogP contribution in [0.4, 0.5) is 0 Å². The van der Waals surface area contributed by atoms with Gasteiger partial charge in [-0.1, -0.05) is 6.07 Å². The number of pyridine rings is 1. The summed E-state index contributed by atoms with van der Waals surface area (Å²) in [5.41, 5.74) is 1.06. The molecule has 4 nitrogen and oxygen atoms in total. The van der Waals surface area contributed by atoms with E-state index in [0.717, 1.165) is 5.56 Å². The molecule has 0 aliphatic rings. The van der Waals surface area contributed by atoms with Gasteiger partial charge >= 0.3 is 0 Å². The monoisotopic (exact) mass is 182 g/mol. The summed E-state index contributed by atoms with van der Waals surface area (Å²) in [5, 5.41) is 20.5. The summed E-state index contributed by atoms with van der Waals surface area (Å²) in [5.74, 6) is 0. The predicted molar refractivity (Wildman–Crippen MR) is 49.0 cm³/mol. The molecule has 0 aliphatic carbocycles. The molecule has 0 amide bonds. The lowest BCUT2D eigenvalue weighted by Crippen LogP contribution is -2.28. The highest BCUT2D eigenvalue weighted by Crippen LogP contribution is 1.93. The van der Waals surface area contributed by atoms with Crippen molar-refractivity contribution in [1.82, 2.24) is 10.3 Å². The average Bonchev–Trinajstić information content (AvgIpc) is 2.19. The fourth-order valence-electron chi connectivity index (χ4n) is 0.950. The lowest BCUT2D eigenvalue weighted by molar-refractivity contribution is 0.0942. The summed E-state index contributed by atoms with van der Waals surface area (Å²) in [6.07, 6.45) is 2.79. The molecule has 0 unspecified atom stereocenters. The number of hydrogen-bond acceptors (Lipinski definition) is 4. The summed E-state index contributed by atoms with van der Waals surface area (Å²) in [7, 11) is 0. The molecule has 0 saturated heterocycles. The number of nitrogens with one attached hydrogen (secondary N) is 1. The van der Waals surface area contributed by atoms with Crippen molar-refractivity contribution in [2.75, 3.05) is 13.2 Å². The lowest BCUT2D eigenvalue weighted by atomic mass is 10.3. The summed E-state index contributed by atoms with van der Waals surface area (Å²) in [6.45, 7) is 0.844. The van der Waals surface area contributed by atoms with Crippen molar-refractivity contribution in [2.45, 2.75) is 12.6 Å². The van der Waals surface area contributed by atoms with Gasteiger partial charge in [0.15, 0.2) is 0 Å². The third-order valence-corrected chi connectivity index (χ3v) is 1.64. The van der Waals surface area contributed by atoms with Gasteiger partial charge in [0.2, 0.25) is 0 Å². The Morgan fingerprint density at radius 1 is 1.54 bits per heavy atom. The highest BCUT2D eigenvalue weighted by molar-refractivity contribution is 5.07. The summed E-state index contributed by atoms with van der Waals surface area (Å²) in [4.78, 5) is 3.95. The average molecular weight is 182 g/mol. The molecule has 1 heterocycles. The van der Waals surface area contributed by atoms with E-state index in [1.807, 2.05) is 12.1 Å². The van der Waals surface area contributed by atoms with E-state index in [1.54, 1.807) is 12.4 Å². The highest BCUT2D eigenvalue weighted by Gasteiger charge is 1.99. The van der Waals surface area contributed by atoms with Crippen molar-refractivity contribution >= 4 is 0 Å². The third kappa shape index (κ3) is 3.98. The van der Waals surface area contributed by atoms with Crippen molar-refractivity contribution in [3.63, 3.8) is 0 Å². The standard InChI is InChI=1S/C9H14N2O2/c12-7-9(13)6-11-5-8-2-1-3-10-4-8/h1-4,9,11-13H,5-7H2/t9-/m1/s1. The largest absolute Gasteiger partial charge is 0.394 e. The Morgan fingerprint density at radius 2 is 2.38 bits per heavy atom. The van der Waals surface area contributed by atoms with Gasteiger partial charge in [-0.05, 0) is 11.6 Å². The quantitative estimate of drug-likeness (QED) is 0.575. The molecule has 1 aromatic heterocycles. The molecule has 13 heavy (non-hydrogen) atoms. The van der Waals surface area contributed by atoms with Crippen LogP contribution in [0.25, 0.3) is 0 Å². The normalized spacial score (nSPS) is 12.8. The van der Waals surface area contributed by atoms with E-state index < -0.39 is 6.10 Å². The fraction of sp³-hybridized carbons (Fsp3) is 0.444. The molecule has 0 radical (unpaired) electrons. The second kappa shape index (κ2) is 5.64. The van der Waals surface area contributed by atoms with Crippen LogP contribution in [0.5, 0.6) is 0 Å². The fourth-order valence-corrected chi connectivity index (χ4v) is 0.950. The molecule has 72 valence electrons. The molecule has 0 aliphatic heterocycles. The first kappa shape index (κ1) is 10.1. The molecule has 0 fully saturated rings. The van der Waals surface area contributed by atoms with Crippen molar-refractivity contribution < 1.29 is 10.2 Å². The van der Waals surface area contributed by atoms with Gasteiger partial charge in [-0.3, -0.25) is 4.98 Å². The molecule has 0 aromatic carbocycles. The molecule has 1 rings (SSSR count). The maximum Gasteiger partial charge on any atom is 0.0895 e. The molecule has 0 spiro atoms. The van der Waals surface area contributed by atoms with Crippen LogP contribution in [0.15, 0.2) is 24.5 Å². The van der Waals surface area contributed by atoms with E-state index >= 15 is 0 Å². The molecule has 1 aromatic rings. The maximum atomic E-state index is 9.01. The van der Waals surface area contributed by atoms with Crippen LogP contribution in [-0.2, 0) is 6.54 Å². The van der Waals surface area contributed by atoms with E-state index in [1.165, 1.54) is 0 Å². The van der Waals surface area contributed by atoms with Crippen molar-refractivity contribution in [3.05, 3.63) is 30.1 Å². The summed E-state index contributed by atoms with van der Waals surface area (Å²) >= 11 is 0. The van der Waals surface area contributed by atoms with Gasteiger partial charge in [0.25, 0.3) is 0 Å². The Kier molecular flexibility index (Phi) is 4.39. The molecular weight excluding hydrogens is 168 g/mol. The van der Waals surface area contributed by atoms with Crippen LogP contribution < -0.4 is 5.32 Å². The Balaban J connectivity index is 2.20. The number of hydrogen-bond donors (Lipinski definition) is 3. The van der Waals surface area contributed by atoms with Crippen LogP contribution >= 0.6 is 0 Å². The van der Waals surface area contributed by atoms with Gasteiger partial charge in [0.05, 0.1) is 12.7 Å². The Hall–Kier alpha value is -0.970. The van der Waals surface area contributed by atoms with Crippen LogP contribution in [0.2, 0.25) is 0 Å². The topological polar surface area (TPSA) is 65.4 Å². The molecule has 0 bridgehead atoms. The SMILES string of the molecule is OC[C@H](O)CNCc1cccnc1. The first-order valence-electron chi connectivity index (χ1n) is 4.21. The zero-order chi connectivity index (χ0) is 9.52. The molecule has 1 atom stereocenters. The Labute approximate surface area is 77.2 Å². The predicted octanol–water partition coefficient (Wildman–Crippen LogP) is -0.476. The first-order valence-corrected chi connectivity index (χ1v) is 4.21.